The van der Waals surface area contributed by atoms with Crippen LogP contribution in [-0.4, -0.2) is 59.0 Å². The van der Waals surface area contributed by atoms with Gasteiger partial charge in [0.25, 0.3) is 0 Å². The molecule has 34 heavy (non-hydrogen) atoms. The third-order valence-corrected chi connectivity index (χ3v) is 6.01. The summed E-state index contributed by atoms with van der Waals surface area (Å²) >= 11 is 0. The predicted molar refractivity (Wildman–Crippen MR) is 119 cm³/mol. The third kappa shape index (κ3) is 6.64. The monoisotopic (exact) mass is 483 g/mol. The van der Waals surface area contributed by atoms with Gasteiger partial charge in [0, 0.05) is 26.2 Å². The molecule has 10 heteroatoms. The molecule has 0 saturated carbocycles. The van der Waals surface area contributed by atoms with Crippen LogP contribution in [0.1, 0.15) is 57.6 Å². The van der Waals surface area contributed by atoms with Gasteiger partial charge in [-0.3, -0.25) is 9.59 Å². The highest BCUT2D eigenvalue weighted by molar-refractivity contribution is 5.89. The zero-order chi connectivity index (χ0) is 25.1. The van der Waals surface area contributed by atoms with E-state index in [1.807, 2.05) is 0 Å². The lowest BCUT2D eigenvalue weighted by Gasteiger charge is -2.36. The van der Waals surface area contributed by atoms with E-state index >= 15 is 0 Å². The van der Waals surface area contributed by atoms with Gasteiger partial charge in [-0.15, -0.1) is 0 Å². The Morgan fingerprint density at radius 2 is 1.68 bits per heavy atom. The molecule has 2 aliphatic rings. The molecule has 0 spiro atoms. The van der Waals surface area contributed by atoms with Gasteiger partial charge in [0.15, 0.2) is 0 Å². The molecule has 2 atom stereocenters. The molecule has 0 radical (unpaired) electrons. The second-order valence-corrected chi connectivity index (χ2v) is 9.87. The van der Waals surface area contributed by atoms with Crippen molar-refractivity contribution in [2.24, 2.45) is 5.92 Å². The molecule has 1 aromatic rings. The maximum Gasteiger partial charge on any atom is 0.416 e. The van der Waals surface area contributed by atoms with Crippen LogP contribution in [-0.2, 0) is 27.0 Å². The van der Waals surface area contributed by atoms with Gasteiger partial charge in [-0.25, -0.2) is 4.79 Å². The SMILES string of the molecule is CC(C)(C)OC(=O)N1CCCC(C(=O)N2CCCC2C(=O)NCc2ccc(C(F)(F)F)cc2)C1. The number of amides is 3. The number of nitrogens with one attached hydrogen (secondary N) is 1. The highest BCUT2D eigenvalue weighted by Crippen LogP contribution is 2.29. The molecule has 2 saturated heterocycles. The van der Waals surface area contributed by atoms with E-state index in [9.17, 15) is 27.6 Å². The first kappa shape index (κ1) is 25.8. The highest BCUT2D eigenvalue weighted by Gasteiger charge is 2.39. The molecule has 188 valence electrons. The van der Waals surface area contributed by atoms with Crippen molar-refractivity contribution in [3.8, 4) is 0 Å². The average Bonchev–Trinajstić information content (AvgIpc) is 3.25. The van der Waals surface area contributed by atoms with E-state index < -0.39 is 35.4 Å². The van der Waals surface area contributed by atoms with Crippen molar-refractivity contribution in [3.05, 3.63) is 35.4 Å². The number of carbonyl (C=O) groups excluding carboxylic acids is 3. The Hall–Kier alpha value is -2.78. The molecule has 3 amide bonds. The number of likely N-dealkylation sites (tertiary alicyclic amines) is 2. The third-order valence-electron chi connectivity index (χ3n) is 6.01. The Balaban J connectivity index is 1.57. The first-order valence-corrected chi connectivity index (χ1v) is 11.6. The van der Waals surface area contributed by atoms with Gasteiger partial charge in [0.05, 0.1) is 11.5 Å². The number of hydrogen-bond donors (Lipinski definition) is 1. The Morgan fingerprint density at radius 3 is 2.29 bits per heavy atom. The van der Waals surface area contributed by atoms with Crippen LogP contribution in [0.2, 0.25) is 0 Å². The molecule has 2 fully saturated rings. The number of piperidine rings is 1. The Morgan fingerprint density at radius 1 is 1.03 bits per heavy atom. The summed E-state index contributed by atoms with van der Waals surface area (Å²) in [5.74, 6) is -0.879. The molecule has 2 unspecified atom stereocenters. The Labute approximate surface area is 197 Å². The number of benzene rings is 1. The fraction of sp³-hybridized carbons (Fsp3) is 0.625. The quantitative estimate of drug-likeness (QED) is 0.703. The molecule has 2 aliphatic heterocycles. The maximum atomic E-state index is 13.2. The minimum absolute atomic E-state index is 0.0748. The predicted octanol–water partition coefficient (Wildman–Crippen LogP) is 3.96. The summed E-state index contributed by atoms with van der Waals surface area (Å²) in [5, 5.41) is 2.74. The maximum absolute atomic E-state index is 13.2. The summed E-state index contributed by atoms with van der Waals surface area (Å²) in [4.78, 5) is 41.6. The molecule has 3 rings (SSSR count). The van der Waals surface area contributed by atoms with Gasteiger partial charge < -0.3 is 19.9 Å². The number of ether oxygens (including phenoxy) is 1. The number of alkyl halides is 3. The van der Waals surface area contributed by atoms with Crippen LogP contribution in [0.25, 0.3) is 0 Å². The largest absolute Gasteiger partial charge is 0.444 e. The first-order chi connectivity index (χ1) is 15.8. The Kier molecular flexibility index (Phi) is 7.77. The van der Waals surface area contributed by atoms with Gasteiger partial charge in [0.2, 0.25) is 11.8 Å². The van der Waals surface area contributed by atoms with E-state index in [2.05, 4.69) is 5.32 Å². The van der Waals surface area contributed by atoms with Crippen molar-refractivity contribution in [2.75, 3.05) is 19.6 Å². The minimum atomic E-state index is -4.41. The van der Waals surface area contributed by atoms with Crippen LogP contribution < -0.4 is 5.32 Å². The fourth-order valence-corrected chi connectivity index (χ4v) is 4.33. The van der Waals surface area contributed by atoms with Gasteiger partial charge in [-0.2, -0.15) is 13.2 Å². The Bertz CT molecular complexity index is 896. The summed E-state index contributed by atoms with van der Waals surface area (Å²) in [6, 6.07) is 3.99. The van der Waals surface area contributed by atoms with E-state index in [0.29, 0.717) is 44.3 Å². The second-order valence-electron chi connectivity index (χ2n) is 9.87. The lowest BCUT2D eigenvalue weighted by Crippen LogP contribution is -2.51. The van der Waals surface area contributed by atoms with Crippen LogP contribution in [0.4, 0.5) is 18.0 Å². The van der Waals surface area contributed by atoms with E-state index in [-0.39, 0.29) is 24.9 Å². The average molecular weight is 484 g/mol. The van der Waals surface area contributed by atoms with Crippen LogP contribution in [0.5, 0.6) is 0 Å². The van der Waals surface area contributed by atoms with Crippen molar-refractivity contribution in [1.29, 1.82) is 0 Å². The molecule has 1 N–H and O–H groups in total. The molecular weight excluding hydrogens is 451 g/mol. The molecule has 0 aliphatic carbocycles. The normalized spacial score (nSPS) is 21.4. The fourth-order valence-electron chi connectivity index (χ4n) is 4.33. The number of halogens is 3. The summed E-state index contributed by atoms with van der Waals surface area (Å²) < 4.78 is 43.6. The van der Waals surface area contributed by atoms with E-state index in [1.165, 1.54) is 12.1 Å². The molecule has 7 nitrogen and oxygen atoms in total. The van der Waals surface area contributed by atoms with Crippen molar-refractivity contribution in [1.82, 2.24) is 15.1 Å². The van der Waals surface area contributed by atoms with Crippen LogP contribution in [0.15, 0.2) is 24.3 Å². The van der Waals surface area contributed by atoms with Crippen LogP contribution >= 0.6 is 0 Å². The van der Waals surface area contributed by atoms with Crippen molar-refractivity contribution >= 4 is 17.9 Å². The smallest absolute Gasteiger partial charge is 0.416 e. The lowest BCUT2D eigenvalue weighted by atomic mass is 9.96. The number of rotatable bonds is 4. The zero-order valence-electron chi connectivity index (χ0n) is 19.8. The van der Waals surface area contributed by atoms with Crippen molar-refractivity contribution in [3.63, 3.8) is 0 Å². The first-order valence-electron chi connectivity index (χ1n) is 11.6. The summed E-state index contributed by atoms with van der Waals surface area (Å²) in [7, 11) is 0. The second kappa shape index (κ2) is 10.2. The van der Waals surface area contributed by atoms with Gasteiger partial charge in [-0.05, 0) is 64.2 Å². The number of hydrogen-bond acceptors (Lipinski definition) is 4. The molecule has 0 aromatic heterocycles. The molecule has 2 heterocycles. The topological polar surface area (TPSA) is 79.0 Å². The van der Waals surface area contributed by atoms with Crippen molar-refractivity contribution in [2.45, 2.75) is 70.8 Å². The molecule has 1 aromatic carbocycles. The van der Waals surface area contributed by atoms with Crippen LogP contribution in [0.3, 0.4) is 0 Å². The molecular formula is C24H32F3N3O4. The minimum Gasteiger partial charge on any atom is -0.444 e. The summed E-state index contributed by atoms with van der Waals surface area (Å²) in [5.41, 5.74) is -0.834. The zero-order valence-corrected chi connectivity index (χ0v) is 19.8. The van der Waals surface area contributed by atoms with E-state index in [0.717, 1.165) is 12.1 Å². The van der Waals surface area contributed by atoms with E-state index in [4.69, 9.17) is 4.74 Å². The van der Waals surface area contributed by atoms with E-state index in [1.54, 1.807) is 30.6 Å². The summed E-state index contributed by atoms with van der Waals surface area (Å²) in [6.07, 6.45) is -2.34. The van der Waals surface area contributed by atoms with Crippen LogP contribution in [0, 0.1) is 5.92 Å². The standard InChI is InChI=1S/C24H32F3N3O4/c1-23(2,3)34-22(33)29-12-4-6-17(15-29)21(32)30-13-5-7-19(30)20(31)28-14-16-8-10-18(11-9-16)24(25,26)27/h8-11,17,19H,4-7,12-15H2,1-3H3,(H,28,31). The molecule has 0 bridgehead atoms. The number of nitrogens with zero attached hydrogens (tertiary/aromatic N) is 2. The highest BCUT2D eigenvalue weighted by atomic mass is 19.4. The van der Waals surface area contributed by atoms with Gasteiger partial charge in [-0.1, -0.05) is 12.1 Å². The van der Waals surface area contributed by atoms with Crippen molar-refractivity contribution < 1.29 is 32.3 Å². The lowest BCUT2D eigenvalue weighted by molar-refractivity contribution is -0.143. The number of carbonyl (C=O) groups is 3. The van der Waals surface area contributed by atoms with Gasteiger partial charge in [0.1, 0.15) is 11.6 Å². The summed E-state index contributed by atoms with van der Waals surface area (Å²) in [6.45, 7) is 6.67. The van der Waals surface area contributed by atoms with Gasteiger partial charge >= 0.3 is 12.3 Å².